The number of carbonyl (C=O) groups is 3. The number of hydrogen-bond donors (Lipinski definition) is 2. The lowest BCUT2D eigenvalue weighted by Gasteiger charge is -2.08. The fourth-order valence-electron chi connectivity index (χ4n) is 2.73. The highest BCUT2D eigenvalue weighted by molar-refractivity contribution is 8.00. The van der Waals surface area contributed by atoms with Crippen LogP contribution >= 0.6 is 11.8 Å². The van der Waals surface area contributed by atoms with Gasteiger partial charge in [0, 0.05) is 5.25 Å². The first-order chi connectivity index (χ1) is 11.4. The van der Waals surface area contributed by atoms with Gasteiger partial charge in [-0.05, 0) is 26.7 Å². The van der Waals surface area contributed by atoms with Crippen molar-refractivity contribution in [2.75, 3.05) is 17.7 Å². The number of anilines is 1. The maximum absolute atomic E-state index is 12.1. The van der Waals surface area contributed by atoms with E-state index in [2.05, 4.69) is 5.32 Å². The van der Waals surface area contributed by atoms with Gasteiger partial charge in [0.2, 0.25) is 11.8 Å². The zero-order chi connectivity index (χ0) is 17.7. The maximum Gasteiger partial charge on any atom is 0.342 e. The van der Waals surface area contributed by atoms with Gasteiger partial charge in [-0.2, -0.15) is 0 Å². The van der Waals surface area contributed by atoms with Crippen LogP contribution in [0.25, 0.3) is 0 Å². The first-order valence-corrected chi connectivity index (χ1v) is 9.00. The van der Waals surface area contributed by atoms with Crippen molar-refractivity contribution in [3.8, 4) is 0 Å². The summed E-state index contributed by atoms with van der Waals surface area (Å²) in [5.41, 5.74) is 5.16. The van der Waals surface area contributed by atoms with Crippen molar-refractivity contribution in [1.82, 2.24) is 0 Å². The summed E-state index contributed by atoms with van der Waals surface area (Å²) in [6.45, 7) is 3.32. The molecule has 1 aliphatic rings. The number of esters is 1. The van der Waals surface area contributed by atoms with Crippen LogP contribution in [0, 0.1) is 6.92 Å². The van der Waals surface area contributed by atoms with E-state index in [0.29, 0.717) is 5.25 Å². The third kappa shape index (κ3) is 4.31. The lowest BCUT2D eigenvalue weighted by molar-refractivity contribution is -0.113. The van der Waals surface area contributed by atoms with Gasteiger partial charge in [-0.3, -0.25) is 14.9 Å². The zero-order valence-electron chi connectivity index (χ0n) is 13.8. The molecule has 0 spiro atoms. The molecule has 2 amide bonds. The SMILES string of the molecule is CCOC(=O)c1c(C)oc(NC(=O)CSC2CCCC2)c1C(N)=O. The Morgan fingerprint density at radius 1 is 1.29 bits per heavy atom. The summed E-state index contributed by atoms with van der Waals surface area (Å²) in [7, 11) is 0. The van der Waals surface area contributed by atoms with E-state index < -0.39 is 11.9 Å². The molecule has 132 valence electrons. The second-order valence-electron chi connectivity index (χ2n) is 5.59. The molecular formula is C16H22N2O5S. The monoisotopic (exact) mass is 354 g/mol. The third-order valence-corrected chi connectivity index (χ3v) is 5.19. The summed E-state index contributed by atoms with van der Waals surface area (Å²) < 4.78 is 10.3. The Bertz CT molecular complexity index is 635. The van der Waals surface area contributed by atoms with Gasteiger partial charge in [0.25, 0.3) is 5.91 Å². The van der Waals surface area contributed by atoms with Crippen molar-refractivity contribution in [2.45, 2.75) is 44.8 Å². The number of furan rings is 1. The number of ether oxygens (including phenoxy) is 1. The third-order valence-electron chi connectivity index (χ3n) is 3.82. The molecule has 0 bridgehead atoms. The fraction of sp³-hybridized carbons (Fsp3) is 0.562. The quantitative estimate of drug-likeness (QED) is 0.728. The Hall–Kier alpha value is -1.96. The number of carbonyl (C=O) groups excluding carboxylic acids is 3. The van der Waals surface area contributed by atoms with E-state index in [-0.39, 0.29) is 41.0 Å². The van der Waals surface area contributed by atoms with Crippen LogP contribution in [0.15, 0.2) is 4.42 Å². The second kappa shape index (κ2) is 8.23. The number of nitrogens with two attached hydrogens (primary N) is 1. The minimum absolute atomic E-state index is 0.0388. The molecule has 1 aromatic rings. The predicted molar refractivity (Wildman–Crippen MR) is 91.3 cm³/mol. The topological polar surface area (TPSA) is 112 Å². The average Bonchev–Trinajstić information content (AvgIpc) is 3.12. The number of hydrogen-bond acceptors (Lipinski definition) is 6. The molecule has 3 N–H and O–H groups in total. The molecule has 1 heterocycles. The van der Waals surface area contributed by atoms with Crippen LogP contribution in [0.4, 0.5) is 5.88 Å². The molecule has 7 nitrogen and oxygen atoms in total. The van der Waals surface area contributed by atoms with Gasteiger partial charge in [-0.15, -0.1) is 11.8 Å². The molecule has 1 aliphatic carbocycles. The first-order valence-electron chi connectivity index (χ1n) is 7.95. The Kier molecular flexibility index (Phi) is 6.30. The molecule has 0 aliphatic heterocycles. The minimum Gasteiger partial charge on any atom is -0.462 e. The van der Waals surface area contributed by atoms with E-state index in [1.54, 1.807) is 18.7 Å². The smallest absolute Gasteiger partial charge is 0.342 e. The summed E-state index contributed by atoms with van der Waals surface area (Å²) >= 11 is 1.59. The first kappa shape index (κ1) is 18.4. The van der Waals surface area contributed by atoms with Gasteiger partial charge in [-0.25, -0.2) is 4.79 Å². The van der Waals surface area contributed by atoms with Gasteiger partial charge >= 0.3 is 5.97 Å². The highest BCUT2D eigenvalue weighted by Crippen LogP contribution is 2.30. The summed E-state index contributed by atoms with van der Waals surface area (Å²) in [5.74, 6) is -1.50. The lowest BCUT2D eigenvalue weighted by Crippen LogP contribution is -2.21. The molecule has 2 rings (SSSR count). The molecule has 8 heteroatoms. The molecule has 1 fully saturated rings. The van der Waals surface area contributed by atoms with Crippen molar-refractivity contribution < 1.29 is 23.5 Å². The Morgan fingerprint density at radius 2 is 1.96 bits per heavy atom. The van der Waals surface area contributed by atoms with Gasteiger partial charge < -0.3 is 14.9 Å². The van der Waals surface area contributed by atoms with Crippen LogP contribution in [0.1, 0.15) is 59.1 Å². The maximum atomic E-state index is 12.1. The lowest BCUT2D eigenvalue weighted by atomic mass is 10.1. The Labute approximate surface area is 144 Å². The molecule has 0 aromatic carbocycles. The van der Waals surface area contributed by atoms with E-state index in [1.165, 1.54) is 19.8 Å². The van der Waals surface area contributed by atoms with Crippen molar-refractivity contribution >= 4 is 35.4 Å². The van der Waals surface area contributed by atoms with Crippen molar-refractivity contribution in [2.24, 2.45) is 5.73 Å². The summed E-state index contributed by atoms with van der Waals surface area (Å²) in [6.07, 6.45) is 4.64. The summed E-state index contributed by atoms with van der Waals surface area (Å²) in [5, 5.41) is 3.04. The van der Waals surface area contributed by atoms with Crippen molar-refractivity contribution in [3.05, 3.63) is 16.9 Å². The Balaban J connectivity index is 2.11. The number of rotatable bonds is 7. The van der Waals surface area contributed by atoms with Crippen molar-refractivity contribution in [1.29, 1.82) is 0 Å². The largest absolute Gasteiger partial charge is 0.462 e. The number of nitrogens with one attached hydrogen (secondary N) is 1. The predicted octanol–water partition coefficient (Wildman–Crippen LogP) is 2.48. The number of aryl methyl sites for hydroxylation is 1. The number of thioether (sulfide) groups is 1. The fourth-order valence-corrected chi connectivity index (χ4v) is 3.85. The van der Waals surface area contributed by atoms with Crippen LogP contribution in [-0.4, -0.2) is 35.4 Å². The van der Waals surface area contributed by atoms with Crippen LogP contribution in [-0.2, 0) is 9.53 Å². The molecule has 1 saturated carbocycles. The van der Waals surface area contributed by atoms with E-state index in [4.69, 9.17) is 14.9 Å². The van der Waals surface area contributed by atoms with Crippen LogP contribution in [0.3, 0.4) is 0 Å². The number of amides is 2. The van der Waals surface area contributed by atoms with Crippen molar-refractivity contribution in [3.63, 3.8) is 0 Å². The zero-order valence-corrected chi connectivity index (χ0v) is 14.7. The molecule has 0 unspecified atom stereocenters. The Morgan fingerprint density at radius 3 is 2.54 bits per heavy atom. The van der Waals surface area contributed by atoms with Crippen LogP contribution in [0.2, 0.25) is 0 Å². The molecule has 1 aromatic heterocycles. The summed E-state index contributed by atoms with van der Waals surface area (Å²) in [6, 6.07) is 0. The standard InChI is InChI=1S/C16H22N2O5S/c1-3-22-16(21)12-9(2)23-15(13(12)14(17)20)18-11(19)8-24-10-6-4-5-7-10/h10H,3-8H2,1-2H3,(H2,17,20)(H,18,19). The van der Waals surface area contributed by atoms with E-state index >= 15 is 0 Å². The molecule has 0 atom stereocenters. The van der Waals surface area contributed by atoms with E-state index in [1.807, 2.05) is 0 Å². The van der Waals surface area contributed by atoms with E-state index in [9.17, 15) is 14.4 Å². The van der Waals surface area contributed by atoms with Crippen LogP contribution < -0.4 is 11.1 Å². The van der Waals surface area contributed by atoms with Gasteiger partial charge in [0.15, 0.2) is 0 Å². The van der Waals surface area contributed by atoms with Gasteiger partial charge in [0.05, 0.1) is 12.4 Å². The highest BCUT2D eigenvalue weighted by Gasteiger charge is 2.29. The van der Waals surface area contributed by atoms with Gasteiger partial charge in [0.1, 0.15) is 16.9 Å². The average molecular weight is 354 g/mol. The van der Waals surface area contributed by atoms with Gasteiger partial charge in [-0.1, -0.05) is 12.8 Å². The molecule has 0 saturated heterocycles. The van der Waals surface area contributed by atoms with E-state index in [0.717, 1.165) is 12.8 Å². The molecular weight excluding hydrogens is 332 g/mol. The normalized spacial score (nSPS) is 14.6. The second-order valence-corrected chi connectivity index (χ2v) is 6.88. The number of primary amides is 1. The highest BCUT2D eigenvalue weighted by atomic mass is 32.2. The molecule has 24 heavy (non-hydrogen) atoms. The minimum atomic E-state index is -0.853. The van der Waals surface area contributed by atoms with Crippen LogP contribution in [0.5, 0.6) is 0 Å². The molecule has 0 radical (unpaired) electrons. The summed E-state index contributed by atoms with van der Waals surface area (Å²) in [4.78, 5) is 35.8.